The van der Waals surface area contributed by atoms with E-state index in [1.165, 1.54) is 6.42 Å². The van der Waals surface area contributed by atoms with E-state index in [2.05, 4.69) is 21.2 Å². The van der Waals surface area contributed by atoms with Gasteiger partial charge in [0.05, 0.1) is 10.1 Å². The van der Waals surface area contributed by atoms with Crippen LogP contribution >= 0.6 is 15.9 Å². The van der Waals surface area contributed by atoms with Crippen LogP contribution in [0.1, 0.15) is 32.1 Å². The fraction of sp³-hybridized carbons (Fsp3) is 0.533. The number of hydrogen-bond donors (Lipinski definition) is 2. The highest BCUT2D eigenvalue weighted by Gasteiger charge is 2.29. The van der Waals surface area contributed by atoms with Gasteiger partial charge in [0.25, 0.3) is 5.91 Å². The average Bonchev–Trinajstić information content (AvgIpc) is 2.45. The fourth-order valence-corrected chi connectivity index (χ4v) is 2.81. The molecule has 0 unspecified atom stereocenters. The minimum absolute atomic E-state index is 0.0430. The number of rotatable bonds is 5. The molecule has 2 rings (SSSR count). The van der Waals surface area contributed by atoms with Crippen LogP contribution in [0.3, 0.4) is 0 Å². The van der Waals surface area contributed by atoms with E-state index >= 15 is 0 Å². The zero-order valence-corrected chi connectivity index (χ0v) is 13.0. The molecule has 0 heterocycles. The molecule has 0 atom stereocenters. The molecular weight excluding hydrogens is 322 g/mol. The maximum Gasteiger partial charge on any atom is 0.258 e. The Hall–Kier alpha value is -1.07. The summed E-state index contributed by atoms with van der Waals surface area (Å²) in [7, 11) is 0. The SMILES string of the molecule is O=C(COc1ccccc1Br)NCC1(O)CCCCC1. The summed E-state index contributed by atoms with van der Waals surface area (Å²) in [6, 6.07) is 7.39. The second-order valence-electron chi connectivity index (χ2n) is 5.28. The van der Waals surface area contributed by atoms with Crippen molar-refractivity contribution >= 4 is 21.8 Å². The monoisotopic (exact) mass is 341 g/mol. The lowest BCUT2D eigenvalue weighted by Crippen LogP contribution is -2.45. The third kappa shape index (κ3) is 4.49. The number of ether oxygens (including phenoxy) is 1. The lowest BCUT2D eigenvalue weighted by Gasteiger charge is -2.32. The van der Waals surface area contributed by atoms with Crippen molar-refractivity contribution in [2.45, 2.75) is 37.7 Å². The molecular formula is C15H20BrNO3. The van der Waals surface area contributed by atoms with Crippen molar-refractivity contribution in [3.8, 4) is 5.75 Å². The van der Waals surface area contributed by atoms with Gasteiger partial charge in [-0.3, -0.25) is 4.79 Å². The van der Waals surface area contributed by atoms with Crippen LogP contribution in [0.15, 0.2) is 28.7 Å². The quantitative estimate of drug-likeness (QED) is 0.865. The van der Waals surface area contributed by atoms with Gasteiger partial charge in [-0.05, 0) is 40.9 Å². The normalized spacial score (nSPS) is 17.5. The van der Waals surface area contributed by atoms with Crippen LogP contribution in [0, 0.1) is 0 Å². The molecule has 1 amide bonds. The molecule has 0 aliphatic heterocycles. The second-order valence-corrected chi connectivity index (χ2v) is 6.14. The lowest BCUT2D eigenvalue weighted by atomic mass is 9.85. The molecule has 20 heavy (non-hydrogen) atoms. The van der Waals surface area contributed by atoms with E-state index in [1.54, 1.807) is 6.07 Å². The Morgan fingerprint density at radius 3 is 2.70 bits per heavy atom. The summed E-state index contributed by atoms with van der Waals surface area (Å²) in [5.41, 5.74) is -0.735. The van der Waals surface area contributed by atoms with Gasteiger partial charge in [-0.2, -0.15) is 0 Å². The van der Waals surface area contributed by atoms with E-state index in [1.807, 2.05) is 18.2 Å². The van der Waals surface area contributed by atoms with Crippen LogP contribution in [0.4, 0.5) is 0 Å². The number of benzene rings is 1. The predicted molar refractivity (Wildman–Crippen MR) is 80.7 cm³/mol. The summed E-state index contributed by atoms with van der Waals surface area (Å²) in [4.78, 5) is 11.8. The molecule has 0 bridgehead atoms. The molecule has 0 spiro atoms. The zero-order chi connectivity index (χ0) is 14.4. The van der Waals surface area contributed by atoms with Crippen molar-refractivity contribution in [3.05, 3.63) is 28.7 Å². The number of hydrogen-bond acceptors (Lipinski definition) is 3. The molecule has 0 aromatic heterocycles. The molecule has 2 N–H and O–H groups in total. The topological polar surface area (TPSA) is 58.6 Å². The van der Waals surface area contributed by atoms with Crippen LogP contribution in [0.2, 0.25) is 0 Å². The van der Waals surface area contributed by atoms with E-state index in [-0.39, 0.29) is 12.5 Å². The van der Waals surface area contributed by atoms with Crippen molar-refractivity contribution in [1.29, 1.82) is 0 Å². The maximum atomic E-state index is 11.8. The van der Waals surface area contributed by atoms with Crippen molar-refractivity contribution in [2.24, 2.45) is 0 Å². The summed E-state index contributed by atoms with van der Waals surface area (Å²) in [6.07, 6.45) is 4.75. The first-order valence-corrected chi connectivity index (χ1v) is 7.75. The van der Waals surface area contributed by atoms with Gasteiger partial charge in [0, 0.05) is 6.54 Å². The van der Waals surface area contributed by atoms with E-state index in [4.69, 9.17) is 4.74 Å². The van der Waals surface area contributed by atoms with Gasteiger partial charge in [-0.25, -0.2) is 0 Å². The molecule has 1 fully saturated rings. The van der Waals surface area contributed by atoms with E-state index < -0.39 is 5.60 Å². The first kappa shape index (κ1) is 15.3. The molecule has 1 aliphatic carbocycles. The Kier molecular flexibility index (Phi) is 5.43. The van der Waals surface area contributed by atoms with E-state index in [0.717, 1.165) is 30.2 Å². The average molecular weight is 342 g/mol. The van der Waals surface area contributed by atoms with Gasteiger partial charge in [0.15, 0.2) is 6.61 Å². The second kappa shape index (κ2) is 7.09. The molecule has 110 valence electrons. The van der Waals surface area contributed by atoms with Gasteiger partial charge in [0.1, 0.15) is 5.75 Å². The number of aliphatic hydroxyl groups is 1. The highest BCUT2D eigenvalue weighted by Crippen LogP contribution is 2.27. The van der Waals surface area contributed by atoms with Gasteiger partial charge < -0.3 is 15.2 Å². The van der Waals surface area contributed by atoms with Crippen LogP contribution < -0.4 is 10.1 Å². The first-order chi connectivity index (χ1) is 9.59. The number of amides is 1. The molecule has 1 aromatic carbocycles. The Balaban J connectivity index is 1.74. The number of halogens is 1. The smallest absolute Gasteiger partial charge is 0.258 e. The Labute approximate surface area is 127 Å². The van der Waals surface area contributed by atoms with Gasteiger partial charge in [0.2, 0.25) is 0 Å². The highest BCUT2D eigenvalue weighted by molar-refractivity contribution is 9.10. The Morgan fingerprint density at radius 1 is 1.30 bits per heavy atom. The summed E-state index contributed by atoms with van der Waals surface area (Å²) in [5, 5.41) is 13.0. The van der Waals surface area contributed by atoms with Crippen LogP contribution in [0.5, 0.6) is 5.75 Å². The van der Waals surface area contributed by atoms with Crippen LogP contribution in [0.25, 0.3) is 0 Å². The van der Waals surface area contributed by atoms with Crippen molar-refractivity contribution in [3.63, 3.8) is 0 Å². The number of carbonyl (C=O) groups is 1. The molecule has 1 aliphatic rings. The van der Waals surface area contributed by atoms with Crippen LogP contribution in [-0.4, -0.2) is 29.8 Å². The lowest BCUT2D eigenvalue weighted by molar-refractivity contribution is -0.124. The summed E-state index contributed by atoms with van der Waals surface area (Å²) in [6.45, 7) is 0.268. The minimum atomic E-state index is -0.735. The highest BCUT2D eigenvalue weighted by atomic mass is 79.9. The van der Waals surface area contributed by atoms with Gasteiger partial charge >= 0.3 is 0 Å². The maximum absolute atomic E-state index is 11.8. The fourth-order valence-electron chi connectivity index (χ4n) is 2.41. The van der Waals surface area contributed by atoms with E-state index in [9.17, 15) is 9.90 Å². The van der Waals surface area contributed by atoms with Crippen LogP contribution in [-0.2, 0) is 4.79 Å². The molecule has 4 nitrogen and oxygen atoms in total. The van der Waals surface area contributed by atoms with Crippen molar-refractivity contribution < 1.29 is 14.6 Å². The third-order valence-electron chi connectivity index (χ3n) is 3.59. The molecule has 0 radical (unpaired) electrons. The minimum Gasteiger partial charge on any atom is -0.483 e. The summed E-state index contributed by atoms with van der Waals surface area (Å²) >= 11 is 3.36. The third-order valence-corrected chi connectivity index (χ3v) is 4.25. The molecule has 1 aromatic rings. The van der Waals surface area contributed by atoms with Crippen molar-refractivity contribution in [1.82, 2.24) is 5.32 Å². The molecule has 5 heteroatoms. The number of nitrogens with one attached hydrogen (secondary N) is 1. The standard InChI is InChI=1S/C15H20BrNO3/c16-12-6-2-3-7-13(12)20-10-14(18)17-11-15(19)8-4-1-5-9-15/h2-3,6-7,19H,1,4-5,8-11H2,(H,17,18). The van der Waals surface area contributed by atoms with Gasteiger partial charge in [-0.15, -0.1) is 0 Å². The summed E-state index contributed by atoms with van der Waals surface area (Å²) < 4.78 is 6.25. The van der Waals surface area contributed by atoms with E-state index in [0.29, 0.717) is 12.3 Å². The van der Waals surface area contributed by atoms with Gasteiger partial charge in [-0.1, -0.05) is 31.4 Å². The largest absolute Gasteiger partial charge is 0.483 e. The summed E-state index contributed by atoms with van der Waals surface area (Å²) in [5.74, 6) is 0.429. The zero-order valence-electron chi connectivity index (χ0n) is 11.4. The Bertz CT molecular complexity index is 458. The first-order valence-electron chi connectivity index (χ1n) is 6.95. The number of para-hydroxylation sites is 1. The predicted octanol–water partition coefficient (Wildman–Crippen LogP) is 2.64. The number of carbonyl (C=O) groups excluding carboxylic acids is 1. The van der Waals surface area contributed by atoms with Crippen molar-refractivity contribution in [2.75, 3.05) is 13.2 Å². The Morgan fingerprint density at radius 2 is 2.00 bits per heavy atom. The molecule has 1 saturated carbocycles. The molecule has 0 saturated heterocycles.